The van der Waals surface area contributed by atoms with E-state index in [2.05, 4.69) is 11.2 Å². The maximum atomic E-state index is 12.7. The molecule has 3 rings (SSSR count). The Morgan fingerprint density at radius 1 is 1.00 bits per heavy atom. The standard InChI is InChI=1S/C24H25N5O2/c1-27(18-20-17-26-29(19-20)22-11-6-3-7-12-22)23(30)13-14-24(31)28(16-8-15-25)21-9-4-2-5-10-21/h2-7,9-12,17,19H,8,13-14,16,18H2,1H3. The quantitative estimate of drug-likeness (QED) is 0.535. The van der Waals surface area contributed by atoms with Crippen molar-refractivity contribution < 1.29 is 9.59 Å². The fourth-order valence-electron chi connectivity index (χ4n) is 3.23. The molecule has 3 aromatic rings. The van der Waals surface area contributed by atoms with Gasteiger partial charge in [0, 0.05) is 50.4 Å². The smallest absolute Gasteiger partial charge is 0.227 e. The van der Waals surface area contributed by atoms with Crippen molar-refractivity contribution in [1.29, 1.82) is 5.26 Å². The van der Waals surface area contributed by atoms with E-state index in [9.17, 15) is 9.59 Å². The van der Waals surface area contributed by atoms with E-state index in [4.69, 9.17) is 5.26 Å². The molecule has 0 aliphatic rings. The molecule has 0 atom stereocenters. The first-order valence-corrected chi connectivity index (χ1v) is 10.1. The fourth-order valence-corrected chi connectivity index (χ4v) is 3.23. The molecule has 0 saturated heterocycles. The Kier molecular flexibility index (Phi) is 7.55. The second kappa shape index (κ2) is 10.7. The van der Waals surface area contributed by atoms with Gasteiger partial charge in [0.05, 0.1) is 24.4 Å². The third kappa shape index (κ3) is 6.03. The van der Waals surface area contributed by atoms with Gasteiger partial charge in [0.25, 0.3) is 0 Å². The van der Waals surface area contributed by atoms with Crippen molar-refractivity contribution in [3.8, 4) is 11.8 Å². The summed E-state index contributed by atoms with van der Waals surface area (Å²) in [5, 5.41) is 13.2. The third-order valence-electron chi connectivity index (χ3n) is 4.87. The van der Waals surface area contributed by atoms with E-state index in [1.807, 2.05) is 66.9 Å². The summed E-state index contributed by atoms with van der Waals surface area (Å²) in [5.74, 6) is -0.283. The number of hydrogen-bond donors (Lipinski definition) is 0. The molecule has 1 aromatic heterocycles. The maximum Gasteiger partial charge on any atom is 0.227 e. The monoisotopic (exact) mass is 415 g/mol. The molecule has 0 spiro atoms. The number of amides is 2. The van der Waals surface area contributed by atoms with E-state index >= 15 is 0 Å². The van der Waals surface area contributed by atoms with Gasteiger partial charge in [0.1, 0.15) is 0 Å². The molecule has 0 unspecified atom stereocenters. The Hall–Kier alpha value is -3.92. The Morgan fingerprint density at radius 3 is 2.32 bits per heavy atom. The summed E-state index contributed by atoms with van der Waals surface area (Å²) in [6.07, 6.45) is 4.06. The van der Waals surface area contributed by atoms with E-state index in [1.54, 1.807) is 27.7 Å². The Bertz CT molecular complexity index is 1040. The summed E-state index contributed by atoms with van der Waals surface area (Å²) < 4.78 is 1.77. The Balaban J connectivity index is 1.55. The van der Waals surface area contributed by atoms with Gasteiger partial charge in [0.15, 0.2) is 0 Å². The van der Waals surface area contributed by atoms with Gasteiger partial charge in [-0.1, -0.05) is 36.4 Å². The number of carbonyl (C=O) groups is 2. The van der Waals surface area contributed by atoms with Crippen LogP contribution in [0.25, 0.3) is 5.69 Å². The van der Waals surface area contributed by atoms with Crippen molar-refractivity contribution in [2.24, 2.45) is 0 Å². The molecule has 0 radical (unpaired) electrons. The van der Waals surface area contributed by atoms with E-state index in [1.165, 1.54) is 0 Å². The molecular weight excluding hydrogens is 390 g/mol. The molecule has 158 valence electrons. The normalized spacial score (nSPS) is 10.3. The molecule has 0 fully saturated rings. The van der Waals surface area contributed by atoms with Gasteiger partial charge in [-0.15, -0.1) is 0 Å². The first-order valence-electron chi connectivity index (χ1n) is 10.1. The lowest BCUT2D eigenvalue weighted by atomic mass is 10.2. The van der Waals surface area contributed by atoms with Crippen LogP contribution in [0.4, 0.5) is 5.69 Å². The molecule has 0 N–H and O–H groups in total. The molecule has 2 amide bonds. The Labute approximate surface area is 182 Å². The second-order valence-electron chi connectivity index (χ2n) is 7.17. The molecule has 0 aliphatic carbocycles. The lowest BCUT2D eigenvalue weighted by Gasteiger charge is -2.22. The zero-order valence-corrected chi connectivity index (χ0v) is 17.5. The fraction of sp³-hybridized carbons (Fsp3) is 0.250. The topological polar surface area (TPSA) is 82.2 Å². The summed E-state index contributed by atoms with van der Waals surface area (Å²) in [5.41, 5.74) is 2.59. The number of aromatic nitrogens is 2. The van der Waals surface area contributed by atoms with E-state index < -0.39 is 0 Å². The number of nitrogens with zero attached hydrogens (tertiary/aromatic N) is 5. The van der Waals surface area contributed by atoms with Crippen LogP contribution in [0.15, 0.2) is 73.1 Å². The molecule has 0 saturated carbocycles. The molecule has 7 heteroatoms. The third-order valence-corrected chi connectivity index (χ3v) is 4.87. The molecule has 2 aromatic carbocycles. The highest BCUT2D eigenvalue weighted by Crippen LogP contribution is 2.16. The number of para-hydroxylation sites is 2. The maximum absolute atomic E-state index is 12.7. The van der Waals surface area contributed by atoms with Crippen molar-refractivity contribution in [2.75, 3.05) is 18.5 Å². The van der Waals surface area contributed by atoms with Crippen LogP contribution in [0, 0.1) is 11.3 Å². The van der Waals surface area contributed by atoms with Crippen LogP contribution in [0.1, 0.15) is 24.8 Å². The first kappa shape index (κ1) is 21.8. The van der Waals surface area contributed by atoms with Crippen LogP contribution in [0.2, 0.25) is 0 Å². The van der Waals surface area contributed by atoms with Gasteiger partial charge in [-0.3, -0.25) is 9.59 Å². The van der Waals surface area contributed by atoms with Gasteiger partial charge in [0.2, 0.25) is 11.8 Å². The second-order valence-corrected chi connectivity index (χ2v) is 7.17. The van der Waals surface area contributed by atoms with Crippen LogP contribution in [-0.2, 0) is 16.1 Å². The summed E-state index contributed by atoms with van der Waals surface area (Å²) in [6.45, 7) is 0.721. The van der Waals surface area contributed by atoms with Crippen LogP contribution >= 0.6 is 0 Å². The molecule has 1 heterocycles. The van der Waals surface area contributed by atoms with E-state index in [0.29, 0.717) is 13.1 Å². The number of anilines is 1. The predicted molar refractivity (Wildman–Crippen MR) is 118 cm³/mol. The summed E-state index contributed by atoms with van der Waals surface area (Å²) in [6, 6.07) is 21.0. The highest BCUT2D eigenvalue weighted by molar-refractivity contribution is 5.95. The van der Waals surface area contributed by atoms with Gasteiger partial charge in [-0.2, -0.15) is 10.4 Å². The van der Waals surface area contributed by atoms with Crippen molar-refractivity contribution in [1.82, 2.24) is 14.7 Å². The number of nitriles is 1. The first-order chi connectivity index (χ1) is 15.1. The van der Waals surface area contributed by atoms with Crippen molar-refractivity contribution in [3.63, 3.8) is 0 Å². The number of rotatable bonds is 9. The minimum atomic E-state index is -0.167. The number of carbonyl (C=O) groups excluding carboxylic acids is 2. The highest BCUT2D eigenvalue weighted by atomic mass is 16.2. The van der Waals surface area contributed by atoms with Gasteiger partial charge in [-0.25, -0.2) is 4.68 Å². The van der Waals surface area contributed by atoms with Gasteiger partial charge < -0.3 is 9.80 Å². The largest absolute Gasteiger partial charge is 0.341 e. The summed E-state index contributed by atoms with van der Waals surface area (Å²) in [4.78, 5) is 28.5. The molecule has 31 heavy (non-hydrogen) atoms. The lowest BCUT2D eigenvalue weighted by Crippen LogP contribution is -2.33. The van der Waals surface area contributed by atoms with Crippen molar-refractivity contribution in [3.05, 3.63) is 78.6 Å². The van der Waals surface area contributed by atoms with Crippen LogP contribution in [0.3, 0.4) is 0 Å². The minimum absolute atomic E-state index is 0.0901. The molecule has 0 bridgehead atoms. The number of benzene rings is 2. The molecule has 7 nitrogen and oxygen atoms in total. The average Bonchev–Trinajstić information content (AvgIpc) is 3.27. The highest BCUT2D eigenvalue weighted by Gasteiger charge is 2.18. The minimum Gasteiger partial charge on any atom is -0.341 e. The SMILES string of the molecule is CN(Cc1cnn(-c2ccccc2)c1)C(=O)CCC(=O)N(CCC#N)c1ccccc1. The zero-order chi connectivity index (χ0) is 22.1. The van der Waals surface area contributed by atoms with Gasteiger partial charge in [-0.05, 0) is 24.3 Å². The Morgan fingerprint density at radius 2 is 1.65 bits per heavy atom. The zero-order valence-electron chi connectivity index (χ0n) is 17.5. The number of hydrogen-bond acceptors (Lipinski definition) is 4. The van der Waals surface area contributed by atoms with Crippen molar-refractivity contribution >= 4 is 17.5 Å². The van der Waals surface area contributed by atoms with E-state index in [-0.39, 0.29) is 31.1 Å². The molecule has 0 aliphatic heterocycles. The summed E-state index contributed by atoms with van der Waals surface area (Å²) >= 11 is 0. The summed E-state index contributed by atoms with van der Waals surface area (Å²) in [7, 11) is 1.72. The van der Waals surface area contributed by atoms with E-state index in [0.717, 1.165) is 16.9 Å². The van der Waals surface area contributed by atoms with Crippen LogP contribution in [0.5, 0.6) is 0 Å². The average molecular weight is 415 g/mol. The molecular formula is C24H25N5O2. The lowest BCUT2D eigenvalue weighted by molar-refractivity contribution is -0.132. The van der Waals surface area contributed by atoms with Crippen LogP contribution < -0.4 is 4.90 Å². The van der Waals surface area contributed by atoms with Crippen LogP contribution in [-0.4, -0.2) is 40.1 Å². The van der Waals surface area contributed by atoms with Gasteiger partial charge >= 0.3 is 0 Å². The van der Waals surface area contributed by atoms with Crippen molar-refractivity contribution in [2.45, 2.75) is 25.8 Å². The predicted octanol–water partition coefficient (Wildman–Crippen LogP) is 3.56.